The highest BCUT2D eigenvalue weighted by molar-refractivity contribution is 6.53. The van der Waals surface area contributed by atoms with E-state index in [0.29, 0.717) is 15.7 Å². The Morgan fingerprint density at radius 2 is 1.58 bits per heavy atom. The number of nitrogens with zero attached hydrogens (tertiary/aromatic N) is 2. The van der Waals surface area contributed by atoms with Gasteiger partial charge in [-0.25, -0.2) is 14.6 Å². The molecule has 1 aliphatic rings. The average Bonchev–Trinajstić information content (AvgIpc) is 2.86. The fourth-order valence-electron chi connectivity index (χ4n) is 2.47. The van der Waals surface area contributed by atoms with Gasteiger partial charge in [0, 0.05) is 10.6 Å². The molecular formula is C18H13ClN2O5. The van der Waals surface area contributed by atoms with Crippen LogP contribution in [0.1, 0.15) is 10.4 Å². The van der Waals surface area contributed by atoms with Gasteiger partial charge in [0.25, 0.3) is 0 Å². The highest BCUT2D eigenvalue weighted by atomic mass is 35.5. The molecule has 2 aromatic carbocycles. The number of ketones is 1. The van der Waals surface area contributed by atoms with Crippen molar-refractivity contribution in [3.63, 3.8) is 0 Å². The second kappa shape index (κ2) is 6.97. The number of Topliss-reactive ketones (excluding diaryl/α,β-unsaturated/α-hetero) is 1. The minimum absolute atomic E-state index is 0.218. The second-order valence-corrected chi connectivity index (χ2v) is 5.88. The SMILES string of the molecule is COc1ccc(N2C(=O)C(=O)N(CC(=O)c3ccc(Cl)cc3)C2=O)cc1. The molecule has 1 heterocycles. The normalized spacial score (nSPS) is 14.2. The van der Waals surface area contributed by atoms with Crippen molar-refractivity contribution in [2.45, 2.75) is 0 Å². The lowest BCUT2D eigenvalue weighted by Crippen LogP contribution is -2.37. The van der Waals surface area contributed by atoms with E-state index in [4.69, 9.17) is 16.3 Å². The summed E-state index contributed by atoms with van der Waals surface area (Å²) >= 11 is 5.77. The number of urea groups is 1. The molecule has 1 fully saturated rings. The molecule has 1 aliphatic heterocycles. The van der Waals surface area contributed by atoms with Gasteiger partial charge in [0.2, 0.25) is 0 Å². The summed E-state index contributed by atoms with van der Waals surface area (Å²) in [6, 6.07) is 11.2. The molecule has 0 spiro atoms. The molecule has 4 amide bonds. The third-order valence-corrected chi connectivity index (χ3v) is 4.10. The number of amides is 4. The number of halogens is 1. The summed E-state index contributed by atoms with van der Waals surface area (Å²) in [5.74, 6) is -2.00. The van der Waals surface area contributed by atoms with Gasteiger partial charge in [-0.15, -0.1) is 0 Å². The van der Waals surface area contributed by atoms with Crippen molar-refractivity contribution in [2.75, 3.05) is 18.6 Å². The lowest BCUT2D eigenvalue weighted by Gasteiger charge is -2.15. The summed E-state index contributed by atoms with van der Waals surface area (Å²) in [5, 5.41) is 0.454. The molecule has 0 radical (unpaired) electrons. The van der Waals surface area contributed by atoms with Crippen LogP contribution in [0.2, 0.25) is 5.02 Å². The van der Waals surface area contributed by atoms with Crippen LogP contribution in [0.25, 0.3) is 0 Å². The molecule has 0 unspecified atom stereocenters. The number of hydrogen-bond donors (Lipinski definition) is 0. The lowest BCUT2D eigenvalue weighted by molar-refractivity contribution is -0.139. The van der Waals surface area contributed by atoms with Gasteiger partial charge in [-0.05, 0) is 48.5 Å². The molecule has 3 rings (SSSR count). The Hall–Kier alpha value is -3.19. The topological polar surface area (TPSA) is 84.0 Å². The molecule has 7 nitrogen and oxygen atoms in total. The van der Waals surface area contributed by atoms with Gasteiger partial charge >= 0.3 is 17.8 Å². The Morgan fingerprint density at radius 3 is 2.15 bits per heavy atom. The first-order valence-corrected chi connectivity index (χ1v) is 7.93. The number of anilines is 1. The van der Waals surface area contributed by atoms with Crippen LogP contribution in [0.15, 0.2) is 48.5 Å². The molecular weight excluding hydrogens is 360 g/mol. The summed E-state index contributed by atoms with van der Waals surface area (Å²) in [6.45, 7) is -0.530. The predicted octanol–water partition coefficient (Wildman–Crippen LogP) is 2.53. The van der Waals surface area contributed by atoms with E-state index >= 15 is 0 Å². The fraction of sp³-hybridized carbons (Fsp3) is 0.111. The van der Waals surface area contributed by atoms with Crippen molar-refractivity contribution in [3.05, 3.63) is 59.1 Å². The van der Waals surface area contributed by atoms with Crippen LogP contribution < -0.4 is 9.64 Å². The molecule has 1 saturated heterocycles. The van der Waals surface area contributed by atoms with Crippen molar-refractivity contribution in [1.29, 1.82) is 0 Å². The van der Waals surface area contributed by atoms with E-state index in [0.717, 1.165) is 4.90 Å². The maximum absolute atomic E-state index is 12.5. The molecule has 0 atom stereocenters. The maximum Gasteiger partial charge on any atom is 0.339 e. The highest BCUT2D eigenvalue weighted by Crippen LogP contribution is 2.25. The summed E-state index contributed by atoms with van der Waals surface area (Å²) in [4.78, 5) is 50.5. The van der Waals surface area contributed by atoms with Crippen LogP contribution in [-0.2, 0) is 9.59 Å². The summed E-state index contributed by atoms with van der Waals surface area (Å²) in [7, 11) is 1.48. The lowest BCUT2D eigenvalue weighted by atomic mass is 10.1. The Kier molecular flexibility index (Phi) is 4.73. The van der Waals surface area contributed by atoms with Gasteiger partial charge in [-0.3, -0.25) is 14.4 Å². The summed E-state index contributed by atoms with van der Waals surface area (Å²) in [6.07, 6.45) is 0. The molecule has 0 aromatic heterocycles. The van der Waals surface area contributed by atoms with Crippen molar-refractivity contribution < 1.29 is 23.9 Å². The summed E-state index contributed by atoms with van der Waals surface area (Å²) in [5.41, 5.74) is 0.501. The van der Waals surface area contributed by atoms with Crippen molar-refractivity contribution in [3.8, 4) is 5.75 Å². The van der Waals surface area contributed by atoms with Gasteiger partial charge in [-0.2, -0.15) is 0 Å². The number of imide groups is 2. The van der Waals surface area contributed by atoms with E-state index in [9.17, 15) is 19.2 Å². The van der Waals surface area contributed by atoms with Crippen LogP contribution in [0.4, 0.5) is 10.5 Å². The number of ether oxygens (including phenoxy) is 1. The number of carbonyl (C=O) groups is 4. The van der Waals surface area contributed by atoms with Gasteiger partial charge in [-0.1, -0.05) is 11.6 Å². The number of rotatable bonds is 5. The van der Waals surface area contributed by atoms with E-state index < -0.39 is 30.2 Å². The molecule has 0 saturated carbocycles. The molecule has 0 bridgehead atoms. The Morgan fingerprint density at radius 1 is 0.962 bits per heavy atom. The van der Waals surface area contributed by atoms with Gasteiger partial charge in [0.15, 0.2) is 5.78 Å². The monoisotopic (exact) mass is 372 g/mol. The third-order valence-electron chi connectivity index (χ3n) is 3.85. The first kappa shape index (κ1) is 17.6. The van der Waals surface area contributed by atoms with Crippen LogP contribution in [0, 0.1) is 0 Å². The molecule has 2 aromatic rings. The van der Waals surface area contributed by atoms with Crippen LogP contribution >= 0.6 is 11.6 Å². The van der Waals surface area contributed by atoms with E-state index in [1.165, 1.54) is 43.5 Å². The number of carbonyl (C=O) groups excluding carboxylic acids is 4. The van der Waals surface area contributed by atoms with Gasteiger partial charge < -0.3 is 4.74 Å². The third kappa shape index (κ3) is 3.16. The Balaban J connectivity index is 1.81. The molecule has 0 aliphatic carbocycles. The molecule has 132 valence electrons. The molecule has 0 N–H and O–H groups in total. The number of methoxy groups -OCH3 is 1. The van der Waals surface area contributed by atoms with Crippen molar-refractivity contribution in [1.82, 2.24) is 4.90 Å². The minimum Gasteiger partial charge on any atom is -0.497 e. The highest BCUT2D eigenvalue weighted by Gasteiger charge is 2.46. The number of hydrogen-bond acceptors (Lipinski definition) is 5. The van der Waals surface area contributed by atoms with E-state index in [2.05, 4.69) is 0 Å². The van der Waals surface area contributed by atoms with Gasteiger partial charge in [0.1, 0.15) is 5.75 Å². The predicted molar refractivity (Wildman–Crippen MR) is 93.4 cm³/mol. The average molecular weight is 373 g/mol. The first-order valence-electron chi connectivity index (χ1n) is 7.55. The van der Waals surface area contributed by atoms with Gasteiger partial charge in [0.05, 0.1) is 19.3 Å². The number of benzene rings is 2. The van der Waals surface area contributed by atoms with Crippen LogP contribution in [-0.4, -0.2) is 42.2 Å². The largest absolute Gasteiger partial charge is 0.497 e. The zero-order valence-electron chi connectivity index (χ0n) is 13.6. The Bertz CT molecular complexity index is 893. The van der Waals surface area contributed by atoms with Crippen molar-refractivity contribution >= 4 is 40.9 Å². The zero-order chi connectivity index (χ0) is 18.8. The zero-order valence-corrected chi connectivity index (χ0v) is 14.4. The van der Waals surface area contributed by atoms with Crippen molar-refractivity contribution in [2.24, 2.45) is 0 Å². The van der Waals surface area contributed by atoms with E-state index in [-0.39, 0.29) is 11.3 Å². The first-order chi connectivity index (χ1) is 12.4. The van der Waals surface area contributed by atoms with E-state index in [1.54, 1.807) is 12.1 Å². The van der Waals surface area contributed by atoms with E-state index in [1.807, 2.05) is 0 Å². The molecule has 8 heteroatoms. The second-order valence-electron chi connectivity index (χ2n) is 5.44. The smallest absolute Gasteiger partial charge is 0.339 e. The van der Waals surface area contributed by atoms with Crippen LogP contribution in [0.3, 0.4) is 0 Å². The quantitative estimate of drug-likeness (QED) is 0.457. The summed E-state index contributed by atoms with van der Waals surface area (Å²) < 4.78 is 5.02. The Labute approximate surface area is 153 Å². The standard InChI is InChI=1S/C18H13ClN2O5/c1-26-14-8-6-13(7-9-14)21-17(24)16(23)20(18(21)25)10-15(22)11-2-4-12(19)5-3-11/h2-9H,10H2,1H3. The minimum atomic E-state index is -1.05. The van der Waals surface area contributed by atoms with Crippen LogP contribution in [0.5, 0.6) is 5.75 Å². The molecule has 26 heavy (non-hydrogen) atoms. The fourth-order valence-corrected chi connectivity index (χ4v) is 2.60. The maximum atomic E-state index is 12.5.